The molecule has 1 aromatic rings. The highest BCUT2D eigenvalue weighted by molar-refractivity contribution is 6.03. The van der Waals surface area contributed by atoms with Crippen molar-refractivity contribution in [1.82, 2.24) is 0 Å². The predicted octanol–water partition coefficient (Wildman–Crippen LogP) is 2.91. The van der Waals surface area contributed by atoms with Crippen LogP contribution in [0.5, 0.6) is 0 Å². The Morgan fingerprint density at radius 3 is 2.50 bits per heavy atom. The van der Waals surface area contributed by atoms with Crippen LogP contribution >= 0.6 is 0 Å². The maximum atomic E-state index is 7.28. The molecule has 0 bridgehead atoms. The van der Waals surface area contributed by atoms with E-state index in [4.69, 9.17) is 5.41 Å². The van der Waals surface area contributed by atoms with Crippen molar-refractivity contribution >= 4 is 11.8 Å². The standard InChI is InChI=1S/C11H11N/c1-2-11(12)9-8-10-6-4-3-5-7-10/h2-9,12H,1H2/b9-8+,12-11?. The molecule has 0 radical (unpaired) electrons. The number of benzene rings is 1. The van der Waals surface area contributed by atoms with E-state index in [0.29, 0.717) is 5.71 Å². The molecule has 0 saturated carbocycles. The van der Waals surface area contributed by atoms with Crippen LogP contribution in [0.2, 0.25) is 0 Å². The van der Waals surface area contributed by atoms with Gasteiger partial charge in [0, 0.05) is 0 Å². The minimum atomic E-state index is 0.429. The zero-order valence-corrected chi connectivity index (χ0v) is 6.83. The zero-order chi connectivity index (χ0) is 8.81. The summed E-state index contributed by atoms with van der Waals surface area (Å²) in [5, 5.41) is 7.28. The quantitative estimate of drug-likeness (QED) is 0.652. The Hall–Kier alpha value is -1.63. The third-order valence-electron chi connectivity index (χ3n) is 1.47. The third-order valence-corrected chi connectivity index (χ3v) is 1.47. The topological polar surface area (TPSA) is 23.9 Å². The minimum absolute atomic E-state index is 0.429. The van der Waals surface area contributed by atoms with E-state index in [0.717, 1.165) is 5.56 Å². The fourth-order valence-electron chi connectivity index (χ4n) is 0.818. The van der Waals surface area contributed by atoms with Crippen molar-refractivity contribution in [3.8, 4) is 0 Å². The summed E-state index contributed by atoms with van der Waals surface area (Å²) in [5.74, 6) is 0. The minimum Gasteiger partial charge on any atom is -0.301 e. The van der Waals surface area contributed by atoms with Crippen LogP contribution in [0.15, 0.2) is 49.1 Å². The number of hydrogen-bond acceptors (Lipinski definition) is 1. The molecule has 60 valence electrons. The van der Waals surface area contributed by atoms with E-state index < -0.39 is 0 Å². The number of allylic oxidation sites excluding steroid dienone is 2. The van der Waals surface area contributed by atoms with Crippen LogP contribution in [0.3, 0.4) is 0 Å². The molecule has 0 atom stereocenters. The molecule has 12 heavy (non-hydrogen) atoms. The van der Waals surface area contributed by atoms with Crippen LogP contribution in [0.25, 0.3) is 6.08 Å². The van der Waals surface area contributed by atoms with Crippen molar-refractivity contribution < 1.29 is 0 Å². The molecule has 0 aliphatic heterocycles. The largest absolute Gasteiger partial charge is 0.301 e. The molecular formula is C11H11N. The van der Waals surface area contributed by atoms with Gasteiger partial charge in [-0.3, -0.25) is 0 Å². The second kappa shape index (κ2) is 4.29. The maximum absolute atomic E-state index is 7.28. The molecule has 0 amide bonds. The summed E-state index contributed by atoms with van der Waals surface area (Å²) in [4.78, 5) is 0. The summed E-state index contributed by atoms with van der Waals surface area (Å²) in [6.45, 7) is 3.50. The number of nitrogens with one attached hydrogen (secondary N) is 1. The van der Waals surface area contributed by atoms with E-state index >= 15 is 0 Å². The average molecular weight is 157 g/mol. The SMILES string of the molecule is C=CC(=N)/C=C/c1ccccc1. The van der Waals surface area contributed by atoms with Crippen LogP contribution in [-0.2, 0) is 0 Å². The van der Waals surface area contributed by atoms with Gasteiger partial charge in [-0.2, -0.15) is 0 Å². The van der Waals surface area contributed by atoms with Crippen molar-refractivity contribution in [2.75, 3.05) is 0 Å². The number of rotatable bonds is 3. The highest BCUT2D eigenvalue weighted by Crippen LogP contribution is 2.00. The summed E-state index contributed by atoms with van der Waals surface area (Å²) in [6.07, 6.45) is 5.13. The van der Waals surface area contributed by atoms with Crippen LogP contribution in [0, 0.1) is 5.41 Å². The Labute approximate surface area is 72.6 Å². The molecule has 1 nitrogen and oxygen atoms in total. The Morgan fingerprint density at radius 2 is 1.92 bits per heavy atom. The van der Waals surface area contributed by atoms with Gasteiger partial charge in [0.25, 0.3) is 0 Å². The molecule has 1 heteroatoms. The summed E-state index contributed by atoms with van der Waals surface area (Å²) < 4.78 is 0. The molecule has 1 N–H and O–H groups in total. The molecule has 0 aromatic heterocycles. The van der Waals surface area contributed by atoms with E-state index in [-0.39, 0.29) is 0 Å². The van der Waals surface area contributed by atoms with Gasteiger partial charge in [0.15, 0.2) is 0 Å². The fraction of sp³-hybridized carbons (Fsp3) is 0. The monoisotopic (exact) mass is 157 g/mol. The first-order valence-electron chi connectivity index (χ1n) is 3.77. The van der Waals surface area contributed by atoms with E-state index in [9.17, 15) is 0 Å². The molecule has 0 spiro atoms. The first-order chi connectivity index (χ1) is 5.83. The average Bonchev–Trinajstić information content (AvgIpc) is 2.16. The molecule has 0 aliphatic rings. The fourth-order valence-corrected chi connectivity index (χ4v) is 0.818. The first-order valence-corrected chi connectivity index (χ1v) is 3.77. The van der Waals surface area contributed by atoms with Gasteiger partial charge in [-0.1, -0.05) is 43.0 Å². The lowest BCUT2D eigenvalue weighted by molar-refractivity contribution is 1.54. The summed E-state index contributed by atoms with van der Waals surface area (Å²) in [7, 11) is 0. The molecule has 0 aliphatic carbocycles. The smallest absolute Gasteiger partial charge is 0.0534 e. The van der Waals surface area contributed by atoms with Crippen LogP contribution in [0.1, 0.15) is 5.56 Å². The third kappa shape index (κ3) is 2.54. The van der Waals surface area contributed by atoms with Crippen molar-refractivity contribution in [3.63, 3.8) is 0 Å². The van der Waals surface area contributed by atoms with E-state index in [1.807, 2.05) is 36.4 Å². The normalized spacial score (nSPS) is 10.0. The van der Waals surface area contributed by atoms with Gasteiger partial charge < -0.3 is 5.41 Å². The van der Waals surface area contributed by atoms with Crippen molar-refractivity contribution in [1.29, 1.82) is 5.41 Å². The van der Waals surface area contributed by atoms with Crippen molar-refractivity contribution in [2.24, 2.45) is 0 Å². The van der Waals surface area contributed by atoms with Gasteiger partial charge in [-0.05, 0) is 17.7 Å². The lowest BCUT2D eigenvalue weighted by Gasteiger charge is -1.89. The van der Waals surface area contributed by atoms with E-state index in [1.165, 1.54) is 6.08 Å². The van der Waals surface area contributed by atoms with Gasteiger partial charge in [-0.25, -0.2) is 0 Å². The predicted molar refractivity (Wildman–Crippen MR) is 53.4 cm³/mol. The Balaban J connectivity index is 2.70. The Bertz CT molecular complexity index is 296. The highest BCUT2D eigenvalue weighted by Gasteiger charge is 1.83. The first kappa shape index (κ1) is 8.47. The molecule has 0 unspecified atom stereocenters. The second-order valence-corrected chi connectivity index (χ2v) is 2.40. The Kier molecular flexibility index (Phi) is 3.03. The lowest BCUT2D eigenvalue weighted by Crippen LogP contribution is -1.80. The lowest BCUT2D eigenvalue weighted by atomic mass is 10.2. The molecule has 0 heterocycles. The number of hydrogen-bond donors (Lipinski definition) is 1. The molecule has 0 saturated heterocycles. The molecule has 0 fully saturated rings. The summed E-state index contributed by atoms with van der Waals surface area (Å²) >= 11 is 0. The summed E-state index contributed by atoms with van der Waals surface area (Å²) in [5.41, 5.74) is 1.53. The van der Waals surface area contributed by atoms with Gasteiger partial charge in [0.2, 0.25) is 0 Å². The van der Waals surface area contributed by atoms with Gasteiger partial charge >= 0.3 is 0 Å². The van der Waals surface area contributed by atoms with Gasteiger partial charge in [-0.15, -0.1) is 0 Å². The Morgan fingerprint density at radius 1 is 1.25 bits per heavy atom. The summed E-state index contributed by atoms with van der Waals surface area (Å²) in [6, 6.07) is 9.89. The van der Waals surface area contributed by atoms with E-state index in [1.54, 1.807) is 6.08 Å². The molecule has 1 aromatic carbocycles. The molecule has 1 rings (SSSR count). The van der Waals surface area contributed by atoms with Crippen molar-refractivity contribution in [2.45, 2.75) is 0 Å². The van der Waals surface area contributed by atoms with Crippen LogP contribution < -0.4 is 0 Å². The highest BCUT2D eigenvalue weighted by atomic mass is 14.4. The zero-order valence-electron chi connectivity index (χ0n) is 6.83. The van der Waals surface area contributed by atoms with Gasteiger partial charge in [0.1, 0.15) is 0 Å². The van der Waals surface area contributed by atoms with Crippen LogP contribution in [0.4, 0.5) is 0 Å². The van der Waals surface area contributed by atoms with Crippen LogP contribution in [-0.4, -0.2) is 5.71 Å². The second-order valence-electron chi connectivity index (χ2n) is 2.40. The van der Waals surface area contributed by atoms with Crippen molar-refractivity contribution in [3.05, 3.63) is 54.6 Å². The van der Waals surface area contributed by atoms with Gasteiger partial charge in [0.05, 0.1) is 5.71 Å². The molecular weight excluding hydrogens is 146 g/mol. The van der Waals surface area contributed by atoms with E-state index in [2.05, 4.69) is 6.58 Å². The maximum Gasteiger partial charge on any atom is 0.0534 e.